The number of hydrogen-bond acceptors (Lipinski definition) is 5. The molecule has 22 heavy (non-hydrogen) atoms. The van der Waals surface area contributed by atoms with Gasteiger partial charge in [-0.15, -0.1) is 0 Å². The summed E-state index contributed by atoms with van der Waals surface area (Å²) in [7, 11) is 0. The van der Waals surface area contributed by atoms with Gasteiger partial charge in [0, 0.05) is 5.02 Å². The van der Waals surface area contributed by atoms with Gasteiger partial charge in [-0.2, -0.15) is 0 Å². The van der Waals surface area contributed by atoms with Crippen molar-refractivity contribution in [3.8, 4) is 0 Å². The lowest BCUT2D eigenvalue weighted by molar-refractivity contribution is -0.137. The maximum absolute atomic E-state index is 11.9. The van der Waals surface area contributed by atoms with Gasteiger partial charge in [-0.3, -0.25) is 4.79 Å². The molecule has 0 aromatic heterocycles. The van der Waals surface area contributed by atoms with Crippen LogP contribution in [0.5, 0.6) is 0 Å². The van der Waals surface area contributed by atoms with Gasteiger partial charge in [0.05, 0.1) is 36.1 Å². The average Bonchev–Trinajstić information content (AvgIpc) is 2.81. The van der Waals surface area contributed by atoms with Crippen LogP contribution < -0.4 is 0 Å². The van der Waals surface area contributed by atoms with E-state index in [2.05, 4.69) is 0 Å². The number of carbonyl (C=O) groups excluding carboxylic acids is 2. The highest BCUT2D eigenvalue weighted by atomic mass is 35.5. The third-order valence-electron chi connectivity index (χ3n) is 3.05. The second kappa shape index (κ2) is 7.67. The summed E-state index contributed by atoms with van der Waals surface area (Å²) < 4.78 is 4.85. The van der Waals surface area contributed by atoms with Gasteiger partial charge in [0.25, 0.3) is 0 Å². The van der Waals surface area contributed by atoms with Gasteiger partial charge in [-0.1, -0.05) is 35.5 Å². The molecule has 118 valence electrons. The number of thioether (sulfide) groups is 1. The fourth-order valence-electron chi connectivity index (χ4n) is 1.97. The van der Waals surface area contributed by atoms with Crippen molar-refractivity contribution >= 4 is 35.2 Å². The lowest BCUT2D eigenvalue weighted by Gasteiger charge is -2.21. The van der Waals surface area contributed by atoms with Gasteiger partial charge in [0.2, 0.25) is 5.91 Å². The Morgan fingerprint density at radius 1 is 1.50 bits per heavy atom. The minimum atomic E-state index is -0.856. The minimum absolute atomic E-state index is 0.0820. The number of β-amino-alcohol motifs (C(OH)–C–C–N with tert-alkyl or cyclic N) is 1. The monoisotopic (exact) mass is 341 g/mol. The van der Waals surface area contributed by atoms with E-state index in [1.807, 2.05) is 0 Å². The molecule has 1 aromatic carbocycles. The Morgan fingerprint density at radius 2 is 2.18 bits per heavy atom. The van der Waals surface area contributed by atoms with Crippen LogP contribution in [0.25, 0.3) is 0 Å². The number of esters is 1. The van der Waals surface area contributed by atoms with Crippen LogP contribution in [0.3, 0.4) is 0 Å². The fraction of sp³-hybridized carbons (Fsp3) is 0.333. The molecule has 7 heteroatoms. The second-order valence-electron chi connectivity index (χ2n) is 4.59. The van der Waals surface area contributed by atoms with E-state index >= 15 is 0 Å². The number of aliphatic hydroxyl groups is 1. The van der Waals surface area contributed by atoms with Gasteiger partial charge in [-0.05, 0) is 24.6 Å². The molecule has 1 atom stereocenters. The summed E-state index contributed by atoms with van der Waals surface area (Å²) in [6.07, 6.45) is 0.429. The summed E-state index contributed by atoms with van der Waals surface area (Å²) in [4.78, 5) is 24.8. The lowest BCUT2D eigenvalue weighted by Crippen LogP contribution is -2.29. The molecule has 0 saturated carbocycles. The Labute approximate surface area is 137 Å². The van der Waals surface area contributed by atoms with Crippen molar-refractivity contribution < 1.29 is 19.4 Å². The summed E-state index contributed by atoms with van der Waals surface area (Å²) in [6.45, 7) is 2.07. The number of aliphatic hydroxyl groups excluding tert-OH is 1. The Kier molecular flexibility index (Phi) is 5.88. The van der Waals surface area contributed by atoms with E-state index in [-0.39, 0.29) is 24.8 Å². The number of ether oxygens (including phenoxy) is 1. The maximum atomic E-state index is 11.9. The molecule has 1 N–H and O–H groups in total. The van der Waals surface area contributed by atoms with E-state index in [4.69, 9.17) is 16.3 Å². The number of halogens is 1. The zero-order chi connectivity index (χ0) is 16.1. The molecule has 1 fully saturated rings. The van der Waals surface area contributed by atoms with Crippen molar-refractivity contribution in [3.63, 3.8) is 0 Å². The van der Waals surface area contributed by atoms with E-state index in [0.717, 1.165) is 0 Å². The highest BCUT2D eigenvalue weighted by Gasteiger charge is 2.29. The first-order valence-electron chi connectivity index (χ1n) is 6.76. The average molecular weight is 342 g/mol. The summed E-state index contributed by atoms with van der Waals surface area (Å²) in [5.41, 5.74) is 0.657. The molecule has 1 aliphatic heterocycles. The van der Waals surface area contributed by atoms with Gasteiger partial charge >= 0.3 is 5.97 Å². The Balaban J connectivity index is 2.09. The summed E-state index contributed by atoms with van der Waals surface area (Å²) in [5, 5.41) is 11.3. The summed E-state index contributed by atoms with van der Waals surface area (Å²) in [6, 6.07) is 6.76. The third-order valence-corrected chi connectivity index (χ3v) is 4.33. The normalized spacial score (nSPS) is 17.9. The standard InChI is InChI=1S/C15H16ClNO4S/c1-2-21-15(20)7-14-17(13(19)9-22-14)8-12(18)10-3-5-11(16)6-4-10/h3-7,12,18H,2,8-9H2,1H3/b14-7-/t12-/m0/s1. The van der Waals surface area contributed by atoms with E-state index in [9.17, 15) is 14.7 Å². The van der Waals surface area contributed by atoms with Crippen molar-refractivity contribution in [3.05, 3.63) is 46.0 Å². The number of carbonyl (C=O) groups is 2. The topological polar surface area (TPSA) is 66.8 Å². The van der Waals surface area contributed by atoms with Gasteiger partial charge < -0.3 is 14.7 Å². The number of hydrogen-bond donors (Lipinski definition) is 1. The molecule has 0 radical (unpaired) electrons. The molecule has 0 unspecified atom stereocenters. The summed E-state index contributed by atoms with van der Waals surface area (Å²) >= 11 is 7.07. The number of rotatable bonds is 5. The Hall–Kier alpha value is -1.50. The molecule has 0 spiro atoms. The lowest BCUT2D eigenvalue weighted by atomic mass is 10.1. The van der Waals surface area contributed by atoms with Crippen LogP contribution in [-0.2, 0) is 14.3 Å². The molecule has 5 nitrogen and oxygen atoms in total. The first-order chi connectivity index (χ1) is 10.5. The van der Waals surface area contributed by atoms with E-state index in [0.29, 0.717) is 15.6 Å². The van der Waals surface area contributed by atoms with Crippen LogP contribution in [0.2, 0.25) is 5.02 Å². The number of amides is 1. The SMILES string of the molecule is CCOC(=O)/C=C1\SCC(=O)N1C[C@H](O)c1ccc(Cl)cc1. The smallest absolute Gasteiger partial charge is 0.333 e. The first-order valence-corrected chi connectivity index (χ1v) is 8.12. The molecule has 1 heterocycles. The predicted molar refractivity (Wildman–Crippen MR) is 85.3 cm³/mol. The van der Waals surface area contributed by atoms with Crippen molar-refractivity contribution in [1.82, 2.24) is 4.90 Å². The van der Waals surface area contributed by atoms with Gasteiger partial charge in [0.15, 0.2) is 0 Å². The molecular weight excluding hydrogens is 326 g/mol. The van der Waals surface area contributed by atoms with Crippen LogP contribution in [0.4, 0.5) is 0 Å². The van der Waals surface area contributed by atoms with Crippen LogP contribution >= 0.6 is 23.4 Å². The molecule has 2 rings (SSSR count). The molecule has 1 saturated heterocycles. The van der Waals surface area contributed by atoms with Gasteiger partial charge in [0.1, 0.15) is 0 Å². The number of benzene rings is 1. The van der Waals surface area contributed by atoms with Crippen molar-refractivity contribution in [2.24, 2.45) is 0 Å². The Bertz CT molecular complexity index is 588. The fourth-order valence-corrected chi connectivity index (χ4v) is 3.04. The molecule has 0 aliphatic carbocycles. The third kappa shape index (κ3) is 4.25. The zero-order valence-electron chi connectivity index (χ0n) is 12.0. The summed E-state index contributed by atoms with van der Waals surface area (Å²) in [5.74, 6) is -0.391. The molecule has 1 aromatic rings. The van der Waals surface area contributed by atoms with Crippen molar-refractivity contribution in [2.75, 3.05) is 18.9 Å². The molecular formula is C15H16ClNO4S. The second-order valence-corrected chi connectivity index (χ2v) is 6.03. The van der Waals surface area contributed by atoms with Crippen LogP contribution in [0, 0.1) is 0 Å². The maximum Gasteiger partial charge on any atom is 0.333 e. The quantitative estimate of drug-likeness (QED) is 0.657. The van der Waals surface area contributed by atoms with Gasteiger partial charge in [-0.25, -0.2) is 4.79 Å². The zero-order valence-corrected chi connectivity index (χ0v) is 13.6. The van der Waals surface area contributed by atoms with Crippen molar-refractivity contribution in [2.45, 2.75) is 13.0 Å². The highest BCUT2D eigenvalue weighted by Crippen LogP contribution is 2.31. The molecule has 1 amide bonds. The first kappa shape index (κ1) is 16.9. The largest absolute Gasteiger partial charge is 0.463 e. The Morgan fingerprint density at radius 3 is 2.82 bits per heavy atom. The van der Waals surface area contributed by atoms with Crippen LogP contribution in [0.15, 0.2) is 35.4 Å². The van der Waals surface area contributed by atoms with E-state index in [1.165, 1.54) is 22.7 Å². The predicted octanol–water partition coefficient (Wildman–Crippen LogP) is 2.35. The molecule has 1 aliphatic rings. The molecule has 0 bridgehead atoms. The van der Waals surface area contributed by atoms with E-state index in [1.54, 1.807) is 31.2 Å². The number of nitrogens with zero attached hydrogens (tertiary/aromatic N) is 1. The highest BCUT2D eigenvalue weighted by molar-refractivity contribution is 8.04. The van der Waals surface area contributed by atoms with E-state index < -0.39 is 12.1 Å². The van der Waals surface area contributed by atoms with Crippen molar-refractivity contribution in [1.29, 1.82) is 0 Å². The van der Waals surface area contributed by atoms with Crippen LogP contribution in [-0.4, -0.2) is 40.8 Å². The minimum Gasteiger partial charge on any atom is -0.463 e. The van der Waals surface area contributed by atoms with Crippen LogP contribution in [0.1, 0.15) is 18.6 Å².